The maximum atomic E-state index is 11.7. The van der Waals surface area contributed by atoms with Gasteiger partial charge in [0.1, 0.15) is 0 Å². The fourth-order valence-electron chi connectivity index (χ4n) is 2.44. The number of hydrogen-bond acceptors (Lipinski definition) is 3. The van der Waals surface area contributed by atoms with Gasteiger partial charge in [0.25, 0.3) is 0 Å². The summed E-state index contributed by atoms with van der Waals surface area (Å²) in [6.45, 7) is 3.78. The number of primary amides is 1. The second-order valence-electron chi connectivity index (χ2n) is 6.40. The van der Waals surface area contributed by atoms with Crippen molar-refractivity contribution in [2.45, 2.75) is 44.2 Å². The molecule has 0 spiro atoms. The quantitative estimate of drug-likeness (QED) is 0.725. The van der Waals surface area contributed by atoms with E-state index >= 15 is 0 Å². The van der Waals surface area contributed by atoms with E-state index in [1.54, 1.807) is 0 Å². The van der Waals surface area contributed by atoms with Crippen molar-refractivity contribution in [1.29, 1.82) is 0 Å². The van der Waals surface area contributed by atoms with E-state index in [-0.39, 0.29) is 5.91 Å². The molecule has 1 saturated carbocycles. The topological polar surface area (TPSA) is 58.4 Å². The fourth-order valence-corrected chi connectivity index (χ4v) is 2.44. The van der Waals surface area contributed by atoms with Gasteiger partial charge in [0.2, 0.25) is 5.91 Å². The molecule has 0 bridgehead atoms. The third-order valence-corrected chi connectivity index (χ3v) is 4.26. The Morgan fingerprint density at radius 2 is 2.00 bits per heavy atom. The van der Waals surface area contributed by atoms with Crippen molar-refractivity contribution < 1.29 is 4.79 Å². The highest BCUT2D eigenvalue weighted by molar-refractivity contribution is 5.84. The van der Waals surface area contributed by atoms with Gasteiger partial charge in [0.15, 0.2) is 0 Å². The predicted octanol–water partition coefficient (Wildman–Crippen LogP) is 1.55. The van der Waals surface area contributed by atoms with Gasteiger partial charge in [-0.25, -0.2) is 0 Å². The normalized spacial score (nSPS) is 17.7. The minimum Gasteiger partial charge on any atom is -0.368 e. The highest BCUT2D eigenvalue weighted by Gasteiger charge is 2.36. The second-order valence-corrected chi connectivity index (χ2v) is 6.40. The smallest absolute Gasteiger partial charge is 0.237 e. The first-order chi connectivity index (χ1) is 9.99. The Morgan fingerprint density at radius 1 is 1.33 bits per heavy atom. The first-order valence-corrected chi connectivity index (χ1v) is 7.80. The van der Waals surface area contributed by atoms with E-state index < -0.39 is 5.54 Å². The van der Waals surface area contributed by atoms with Crippen LogP contribution in [0.2, 0.25) is 0 Å². The lowest BCUT2D eigenvalue weighted by Crippen LogP contribution is -2.55. The van der Waals surface area contributed by atoms with Gasteiger partial charge in [-0.3, -0.25) is 4.79 Å². The number of carbonyl (C=O) groups is 1. The molecule has 1 unspecified atom stereocenters. The van der Waals surface area contributed by atoms with Gasteiger partial charge in [-0.1, -0.05) is 30.3 Å². The molecule has 21 heavy (non-hydrogen) atoms. The molecule has 0 saturated heterocycles. The Balaban J connectivity index is 1.76. The first kappa shape index (κ1) is 16.0. The zero-order chi connectivity index (χ0) is 15.3. The van der Waals surface area contributed by atoms with Crippen LogP contribution in [0.5, 0.6) is 0 Å². The van der Waals surface area contributed by atoms with Gasteiger partial charge >= 0.3 is 0 Å². The van der Waals surface area contributed by atoms with E-state index in [0.29, 0.717) is 6.04 Å². The van der Waals surface area contributed by atoms with Crippen molar-refractivity contribution in [1.82, 2.24) is 10.2 Å². The number of nitrogens with one attached hydrogen (secondary N) is 1. The van der Waals surface area contributed by atoms with Gasteiger partial charge in [0.05, 0.1) is 5.54 Å². The lowest BCUT2D eigenvalue weighted by atomic mass is 9.96. The van der Waals surface area contributed by atoms with Crippen LogP contribution in [0.15, 0.2) is 30.3 Å². The molecule has 1 aromatic carbocycles. The molecule has 4 heteroatoms. The van der Waals surface area contributed by atoms with Crippen molar-refractivity contribution in [2.75, 3.05) is 20.1 Å². The average Bonchev–Trinajstić information content (AvgIpc) is 3.27. The zero-order valence-electron chi connectivity index (χ0n) is 13.1. The van der Waals surface area contributed by atoms with Crippen LogP contribution < -0.4 is 11.1 Å². The van der Waals surface area contributed by atoms with Crippen LogP contribution in [0.4, 0.5) is 0 Å². The Morgan fingerprint density at radius 3 is 2.57 bits per heavy atom. The Labute approximate surface area is 127 Å². The second kappa shape index (κ2) is 7.05. The molecular weight excluding hydrogens is 262 g/mol. The number of nitrogens with zero attached hydrogens (tertiary/aromatic N) is 1. The summed E-state index contributed by atoms with van der Waals surface area (Å²) >= 11 is 0. The Hall–Kier alpha value is -1.39. The number of likely N-dealkylation sites (N-methyl/N-ethyl adjacent to an activating group) is 1. The maximum absolute atomic E-state index is 11.7. The summed E-state index contributed by atoms with van der Waals surface area (Å²) in [5, 5.41) is 3.39. The molecule has 3 N–H and O–H groups in total. The summed E-state index contributed by atoms with van der Waals surface area (Å²) < 4.78 is 0. The van der Waals surface area contributed by atoms with E-state index in [1.807, 2.05) is 13.0 Å². The largest absolute Gasteiger partial charge is 0.368 e. The van der Waals surface area contributed by atoms with Crippen LogP contribution >= 0.6 is 0 Å². The third kappa shape index (κ3) is 5.14. The number of rotatable bonds is 9. The van der Waals surface area contributed by atoms with Crippen LogP contribution in [-0.2, 0) is 11.2 Å². The molecule has 1 atom stereocenters. The van der Waals surface area contributed by atoms with Crippen molar-refractivity contribution >= 4 is 5.91 Å². The van der Waals surface area contributed by atoms with Gasteiger partial charge in [0, 0.05) is 19.1 Å². The minimum atomic E-state index is -0.581. The standard InChI is InChI=1S/C17H27N3O/c1-17(16(18)21,19-15-8-9-15)11-13-20(2)12-10-14-6-4-3-5-7-14/h3-7,15,19H,8-13H2,1-2H3,(H2,18,21). The average molecular weight is 289 g/mol. The lowest BCUT2D eigenvalue weighted by Gasteiger charge is -2.30. The summed E-state index contributed by atoms with van der Waals surface area (Å²) in [7, 11) is 2.10. The number of nitrogens with two attached hydrogens (primary N) is 1. The molecule has 1 aliphatic carbocycles. The van der Waals surface area contributed by atoms with Crippen molar-refractivity contribution in [3.05, 3.63) is 35.9 Å². The molecule has 1 amide bonds. The van der Waals surface area contributed by atoms with Gasteiger partial charge in [-0.15, -0.1) is 0 Å². The zero-order valence-corrected chi connectivity index (χ0v) is 13.1. The molecule has 2 rings (SSSR count). The van der Waals surface area contributed by atoms with E-state index in [1.165, 1.54) is 5.56 Å². The molecule has 0 aromatic heterocycles. The number of benzene rings is 1. The van der Waals surface area contributed by atoms with Gasteiger partial charge < -0.3 is 16.0 Å². The van der Waals surface area contributed by atoms with Crippen molar-refractivity contribution in [3.8, 4) is 0 Å². The molecule has 116 valence electrons. The summed E-state index contributed by atoms with van der Waals surface area (Å²) in [6, 6.07) is 11.0. The van der Waals surface area contributed by atoms with Gasteiger partial charge in [-0.05, 0) is 45.2 Å². The third-order valence-electron chi connectivity index (χ3n) is 4.26. The Bertz CT molecular complexity index is 458. The molecule has 0 heterocycles. The van der Waals surface area contributed by atoms with E-state index in [9.17, 15) is 4.79 Å². The van der Waals surface area contributed by atoms with E-state index in [2.05, 4.69) is 41.5 Å². The molecule has 1 aliphatic rings. The number of amides is 1. The maximum Gasteiger partial charge on any atom is 0.237 e. The SMILES string of the molecule is CN(CCc1ccccc1)CCC(C)(NC1CC1)C(N)=O. The van der Waals surface area contributed by atoms with Crippen LogP contribution in [0.25, 0.3) is 0 Å². The molecule has 1 fully saturated rings. The van der Waals surface area contributed by atoms with Crippen LogP contribution in [0, 0.1) is 0 Å². The van der Waals surface area contributed by atoms with E-state index in [4.69, 9.17) is 5.73 Å². The molecule has 1 aromatic rings. The van der Waals surface area contributed by atoms with Crippen LogP contribution in [-0.4, -0.2) is 42.5 Å². The summed E-state index contributed by atoms with van der Waals surface area (Å²) in [4.78, 5) is 14.0. The van der Waals surface area contributed by atoms with E-state index in [0.717, 1.165) is 38.8 Å². The predicted molar refractivity (Wildman–Crippen MR) is 86.0 cm³/mol. The van der Waals surface area contributed by atoms with Crippen LogP contribution in [0.1, 0.15) is 31.7 Å². The summed E-state index contributed by atoms with van der Waals surface area (Å²) in [6.07, 6.45) is 4.10. The molecule has 4 nitrogen and oxygen atoms in total. The van der Waals surface area contributed by atoms with Crippen molar-refractivity contribution in [2.24, 2.45) is 5.73 Å². The van der Waals surface area contributed by atoms with Gasteiger partial charge in [-0.2, -0.15) is 0 Å². The lowest BCUT2D eigenvalue weighted by molar-refractivity contribution is -0.124. The molecular formula is C17H27N3O. The summed E-state index contributed by atoms with van der Waals surface area (Å²) in [5.41, 5.74) is 6.34. The fraction of sp³-hybridized carbons (Fsp3) is 0.588. The Kier molecular flexibility index (Phi) is 5.37. The first-order valence-electron chi connectivity index (χ1n) is 7.80. The van der Waals surface area contributed by atoms with Crippen molar-refractivity contribution in [3.63, 3.8) is 0 Å². The number of carbonyl (C=O) groups excluding carboxylic acids is 1. The number of hydrogen-bond donors (Lipinski definition) is 2. The van der Waals surface area contributed by atoms with Crippen LogP contribution in [0.3, 0.4) is 0 Å². The highest BCUT2D eigenvalue weighted by atomic mass is 16.1. The molecule has 0 aliphatic heterocycles. The minimum absolute atomic E-state index is 0.245. The molecule has 0 radical (unpaired) electrons. The highest BCUT2D eigenvalue weighted by Crippen LogP contribution is 2.24. The summed E-state index contributed by atoms with van der Waals surface area (Å²) in [5.74, 6) is -0.245. The monoisotopic (exact) mass is 289 g/mol.